The normalized spacial score (nSPS) is 15.5. The first-order chi connectivity index (χ1) is 11.0. The van der Waals surface area contributed by atoms with Gasteiger partial charge in [-0.2, -0.15) is 5.10 Å². The molecule has 7 heteroatoms. The van der Waals surface area contributed by atoms with Gasteiger partial charge in [-0.15, -0.1) is 0 Å². The number of nitro benzene ring substituents is 1. The van der Waals surface area contributed by atoms with Gasteiger partial charge in [0.25, 0.3) is 5.69 Å². The molecule has 0 spiro atoms. The molecule has 1 N–H and O–H groups in total. The lowest BCUT2D eigenvalue weighted by Crippen LogP contribution is -2.39. The maximum Gasteiger partial charge on any atom is 0.269 e. The van der Waals surface area contributed by atoms with Gasteiger partial charge in [-0.3, -0.25) is 14.9 Å². The summed E-state index contributed by atoms with van der Waals surface area (Å²) < 4.78 is 0. The van der Waals surface area contributed by atoms with E-state index in [1.807, 2.05) is 0 Å². The summed E-state index contributed by atoms with van der Waals surface area (Å²) in [6.07, 6.45) is 1.90. The highest BCUT2D eigenvalue weighted by Gasteiger charge is 2.17. The van der Waals surface area contributed by atoms with Crippen LogP contribution < -0.4 is 5.43 Å². The predicted molar refractivity (Wildman–Crippen MR) is 88.3 cm³/mol. The smallest absolute Gasteiger partial charge is 0.269 e. The number of non-ortho nitro benzene ring substituents is 1. The molecule has 0 atom stereocenters. The number of nitro groups is 1. The summed E-state index contributed by atoms with van der Waals surface area (Å²) in [5, 5.41) is 14.8. The number of hydrogen-bond donors (Lipinski definition) is 1. The number of hydrogen-bond acceptors (Lipinski definition) is 5. The first-order valence-corrected chi connectivity index (χ1v) is 7.77. The number of amides is 1. The van der Waals surface area contributed by atoms with E-state index < -0.39 is 4.92 Å². The van der Waals surface area contributed by atoms with Crippen LogP contribution in [-0.2, 0) is 11.2 Å². The molecule has 1 aromatic carbocycles. The second-order valence-electron chi connectivity index (χ2n) is 5.94. The SMILES string of the molecule is CC(C)N1CCC(=NNC(=O)Cc2ccc([N+](=O)[O-])cc2)CC1. The monoisotopic (exact) mass is 318 g/mol. The molecule has 2 rings (SSSR count). The van der Waals surface area contributed by atoms with Crippen molar-refractivity contribution in [1.29, 1.82) is 0 Å². The number of carbonyl (C=O) groups is 1. The van der Waals surface area contributed by atoms with E-state index in [0.29, 0.717) is 6.04 Å². The maximum absolute atomic E-state index is 11.9. The summed E-state index contributed by atoms with van der Waals surface area (Å²) in [7, 11) is 0. The molecule has 7 nitrogen and oxygen atoms in total. The third kappa shape index (κ3) is 5.14. The van der Waals surface area contributed by atoms with Crippen molar-refractivity contribution >= 4 is 17.3 Å². The van der Waals surface area contributed by atoms with Crippen LogP contribution in [0.4, 0.5) is 5.69 Å². The minimum Gasteiger partial charge on any atom is -0.300 e. The van der Waals surface area contributed by atoms with Crippen LogP contribution in [0.1, 0.15) is 32.3 Å². The number of piperidine rings is 1. The minimum absolute atomic E-state index is 0.0197. The quantitative estimate of drug-likeness (QED) is 0.665. The summed E-state index contributed by atoms with van der Waals surface area (Å²) in [4.78, 5) is 24.4. The highest BCUT2D eigenvalue weighted by molar-refractivity contribution is 5.87. The summed E-state index contributed by atoms with van der Waals surface area (Å²) >= 11 is 0. The largest absolute Gasteiger partial charge is 0.300 e. The van der Waals surface area contributed by atoms with Gasteiger partial charge in [0.2, 0.25) is 5.91 Å². The van der Waals surface area contributed by atoms with Gasteiger partial charge < -0.3 is 4.90 Å². The first kappa shape index (κ1) is 17.1. The van der Waals surface area contributed by atoms with Crippen LogP contribution >= 0.6 is 0 Å². The van der Waals surface area contributed by atoms with Crippen molar-refractivity contribution in [2.75, 3.05) is 13.1 Å². The summed E-state index contributed by atoms with van der Waals surface area (Å²) in [6, 6.07) is 6.51. The molecule has 0 aromatic heterocycles. The standard InChI is InChI=1S/C16H22N4O3/c1-12(2)19-9-7-14(8-10-19)17-18-16(21)11-13-3-5-15(6-4-13)20(22)23/h3-6,12H,7-11H2,1-2H3,(H,18,21). The van der Waals surface area contributed by atoms with Crippen LogP contribution in [0.2, 0.25) is 0 Å². The molecule has 1 aliphatic heterocycles. The molecule has 1 aliphatic rings. The Morgan fingerprint density at radius 2 is 1.91 bits per heavy atom. The summed E-state index contributed by atoms with van der Waals surface area (Å²) in [6.45, 7) is 6.28. The lowest BCUT2D eigenvalue weighted by Gasteiger charge is -2.30. The molecule has 0 saturated carbocycles. The zero-order valence-electron chi connectivity index (χ0n) is 13.5. The highest BCUT2D eigenvalue weighted by atomic mass is 16.6. The number of rotatable bonds is 5. The van der Waals surface area contributed by atoms with Crippen molar-refractivity contribution in [3.8, 4) is 0 Å². The topological polar surface area (TPSA) is 87.8 Å². The van der Waals surface area contributed by atoms with Gasteiger partial charge in [-0.05, 0) is 19.4 Å². The number of likely N-dealkylation sites (tertiary alicyclic amines) is 1. The average molecular weight is 318 g/mol. The first-order valence-electron chi connectivity index (χ1n) is 7.77. The Morgan fingerprint density at radius 1 is 1.30 bits per heavy atom. The number of hydrazone groups is 1. The van der Waals surface area contributed by atoms with E-state index in [4.69, 9.17) is 0 Å². The molecule has 1 amide bonds. The van der Waals surface area contributed by atoms with E-state index in [-0.39, 0.29) is 18.0 Å². The van der Waals surface area contributed by atoms with Gasteiger partial charge in [0, 0.05) is 49.8 Å². The fourth-order valence-corrected chi connectivity index (χ4v) is 2.51. The van der Waals surface area contributed by atoms with E-state index >= 15 is 0 Å². The Balaban J connectivity index is 1.81. The van der Waals surface area contributed by atoms with E-state index in [0.717, 1.165) is 37.2 Å². The highest BCUT2D eigenvalue weighted by Crippen LogP contribution is 2.12. The van der Waals surface area contributed by atoms with Crippen molar-refractivity contribution < 1.29 is 9.72 Å². The zero-order chi connectivity index (χ0) is 16.8. The summed E-state index contributed by atoms with van der Waals surface area (Å²) in [5.41, 5.74) is 4.34. The third-order valence-corrected chi connectivity index (χ3v) is 3.96. The van der Waals surface area contributed by atoms with Gasteiger partial charge in [-0.25, -0.2) is 5.43 Å². The fourth-order valence-electron chi connectivity index (χ4n) is 2.51. The Kier molecular flexibility index (Phi) is 5.81. The van der Waals surface area contributed by atoms with E-state index in [2.05, 4.69) is 29.3 Å². The average Bonchev–Trinajstić information content (AvgIpc) is 2.54. The molecule has 124 valence electrons. The molecular weight excluding hydrogens is 296 g/mol. The van der Waals surface area contributed by atoms with E-state index in [1.54, 1.807) is 12.1 Å². The van der Waals surface area contributed by atoms with Crippen LogP contribution in [0.25, 0.3) is 0 Å². The van der Waals surface area contributed by atoms with E-state index in [9.17, 15) is 14.9 Å². The lowest BCUT2D eigenvalue weighted by molar-refractivity contribution is -0.384. The molecular formula is C16H22N4O3. The number of carbonyl (C=O) groups excluding carboxylic acids is 1. The molecule has 1 fully saturated rings. The maximum atomic E-state index is 11.9. The lowest BCUT2D eigenvalue weighted by atomic mass is 10.1. The Hall–Kier alpha value is -2.28. The second-order valence-corrected chi connectivity index (χ2v) is 5.94. The summed E-state index contributed by atoms with van der Waals surface area (Å²) in [5.74, 6) is -0.211. The molecule has 0 unspecified atom stereocenters. The van der Waals surface area contributed by atoms with Gasteiger partial charge >= 0.3 is 0 Å². The number of nitrogens with one attached hydrogen (secondary N) is 1. The van der Waals surface area contributed by atoms with Crippen molar-refractivity contribution in [2.45, 2.75) is 39.2 Å². The fraction of sp³-hybridized carbons (Fsp3) is 0.500. The molecule has 1 heterocycles. The second kappa shape index (κ2) is 7.82. The molecule has 1 saturated heterocycles. The Bertz CT molecular complexity index is 586. The molecule has 0 radical (unpaired) electrons. The van der Waals surface area contributed by atoms with Gasteiger partial charge in [-0.1, -0.05) is 12.1 Å². The van der Waals surface area contributed by atoms with Crippen LogP contribution in [0.15, 0.2) is 29.4 Å². The Morgan fingerprint density at radius 3 is 2.43 bits per heavy atom. The minimum atomic E-state index is -0.459. The van der Waals surface area contributed by atoms with Crippen LogP contribution in [-0.4, -0.2) is 40.6 Å². The van der Waals surface area contributed by atoms with E-state index in [1.165, 1.54) is 12.1 Å². The molecule has 0 aliphatic carbocycles. The third-order valence-electron chi connectivity index (χ3n) is 3.96. The van der Waals surface area contributed by atoms with Gasteiger partial charge in [0.05, 0.1) is 11.3 Å². The van der Waals surface area contributed by atoms with Crippen molar-refractivity contribution in [3.05, 3.63) is 39.9 Å². The molecule has 1 aromatic rings. The predicted octanol–water partition coefficient (Wildman–Crippen LogP) is 2.11. The van der Waals surface area contributed by atoms with Crippen LogP contribution in [0, 0.1) is 10.1 Å². The Labute approximate surface area is 135 Å². The molecule has 0 bridgehead atoms. The molecule has 23 heavy (non-hydrogen) atoms. The van der Waals surface area contributed by atoms with Crippen LogP contribution in [0.5, 0.6) is 0 Å². The van der Waals surface area contributed by atoms with Crippen molar-refractivity contribution in [2.24, 2.45) is 5.10 Å². The van der Waals surface area contributed by atoms with Crippen molar-refractivity contribution in [1.82, 2.24) is 10.3 Å². The number of benzene rings is 1. The van der Waals surface area contributed by atoms with Crippen LogP contribution in [0.3, 0.4) is 0 Å². The van der Waals surface area contributed by atoms with Gasteiger partial charge in [0.1, 0.15) is 0 Å². The number of nitrogens with zero attached hydrogens (tertiary/aromatic N) is 3. The zero-order valence-corrected chi connectivity index (χ0v) is 13.5. The van der Waals surface area contributed by atoms with Gasteiger partial charge in [0.15, 0.2) is 0 Å². The van der Waals surface area contributed by atoms with Crippen molar-refractivity contribution in [3.63, 3.8) is 0 Å².